The molecular formula is C30H34N6. The zero-order chi connectivity index (χ0) is 24.9. The minimum Gasteiger partial charge on any atom is -0.297 e. The van der Waals surface area contributed by atoms with Crippen molar-refractivity contribution in [1.29, 1.82) is 0 Å². The summed E-state index contributed by atoms with van der Waals surface area (Å²) in [5.74, 6) is 0.869. The summed E-state index contributed by atoms with van der Waals surface area (Å²) in [7, 11) is 0. The van der Waals surface area contributed by atoms with Crippen LogP contribution in [0, 0.1) is 20.8 Å². The van der Waals surface area contributed by atoms with Crippen LogP contribution in [-0.2, 0) is 0 Å². The van der Waals surface area contributed by atoms with Crippen LogP contribution in [0.15, 0.2) is 78.9 Å². The van der Waals surface area contributed by atoms with E-state index in [0.717, 1.165) is 44.2 Å². The molecule has 36 heavy (non-hydrogen) atoms. The Kier molecular flexibility index (Phi) is 7.35. The third kappa shape index (κ3) is 5.30. The molecule has 1 aromatic heterocycles. The van der Waals surface area contributed by atoms with Crippen molar-refractivity contribution < 1.29 is 0 Å². The maximum Gasteiger partial charge on any atom is 0.178 e. The summed E-state index contributed by atoms with van der Waals surface area (Å²) in [6, 6.07) is 25.6. The standard InChI is InChI=1S/C30H34N6/c1-23-14-16-27(17-15-23)29(30-31-32-33-36(30)28-24(2)9-7-10-25(28)3)35-21-19-34(20-22-35)18-8-13-26-11-5-4-6-12-26/h4-17,29H,18-22H2,1-3H3/t29-/m1/s1. The lowest BCUT2D eigenvalue weighted by Gasteiger charge is -2.38. The van der Waals surface area contributed by atoms with Gasteiger partial charge in [-0.2, -0.15) is 4.68 Å². The number of tetrazole rings is 1. The van der Waals surface area contributed by atoms with Crippen LogP contribution in [0.2, 0.25) is 0 Å². The highest BCUT2D eigenvalue weighted by atomic mass is 15.6. The van der Waals surface area contributed by atoms with Crippen LogP contribution in [0.3, 0.4) is 0 Å². The predicted octanol–water partition coefficient (Wildman–Crippen LogP) is 5.01. The van der Waals surface area contributed by atoms with Crippen molar-refractivity contribution in [2.75, 3.05) is 32.7 Å². The molecule has 0 radical (unpaired) electrons. The fourth-order valence-corrected chi connectivity index (χ4v) is 5.04. The Morgan fingerprint density at radius 2 is 1.50 bits per heavy atom. The molecule has 2 heterocycles. The molecule has 0 N–H and O–H groups in total. The second-order valence-electron chi connectivity index (χ2n) is 9.65. The maximum atomic E-state index is 4.59. The van der Waals surface area contributed by atoms with Crippen molar-refractivity contribution in [3.8, 4) is 5.69 Å². The van der Waals surface area contributed by atoms with Gasteiger partial charge < -0.3 is 0 Å². The lowest BCUT2D eigenvalue weighted by molar-refractivity contribution is 0.113. The smallest absolute Gasteiger partial charge is 0.178 e. The Morgan fingerprint density at radius 1 is 0.806 bits per heavy atom. The van der Waals surface area contributed by atoms with Crippen molar-refractivity contribution in [2.45, 2.75) is 26.8 Å². The molecule has 1 saturated heterocycles. The first-order chi connectivity index (χ1) is 17.6. The summed E-state index contributed by atoms with van der Waals surface area (Å²) >= 11 is 0. The van der Waals surface area contributed by atoms with E-state index >= 15 is 0 Å². The molecule has 0 amide bonds. The van der Waals surface area contributed by atoms with Gasteiger partial charge in [-0.25, -0.2) is 0 Å². The van der Waals surface area contributed by atoms with E-state index in [-0.39, 0.29) is 6.04 Å². The van der Waals surface area contributed by atoms with Gasteiger partial charge in [0.25, 0.3) is 0 Å². The van der Waals surface area contributed by atoms with Gasteiger partial charge in [0.2, 0.25) is 0 Å². The van der Waals surface area contributed by atoms with Crippen LogP contribution in [-0.4, -0.2) is 62.7 Å². The van der Waals surface area contributed by atoms with E-state index in [9.17, 15) is 0 Å². The first-order valence-corrected chi connectivity index (χ1v) is 12.7. The number of aromatic nitrogens is 4. The molecule has 184 valence electrons. The summed E-state index contributed by atoms with van der Waals surface area (Å²) in [4.78, 5) is 5.04. The van der Waals surface area contributed by atoms with Crippen LogP contribution in [0.5, 0.6) is 0 Å². The summed E-state index contributed by atoms with van der Waals surface area (Å²) in [6.45, 7) is 11.2. The van der Waals surface area contributed by atoms with Gasteiger partial charge in [-0.3, -0.25) is 9.80 Å². The van der Waals surface area contributed by atoms with Crippen molar-refractivity contribution in [2.24, 2.45) is 0 Å². The largest absolute Gasteiger partial charge is 0.297 e. The number of benzene rings is 3. The SMILES string of the molecule is Cc1ccc([C@H](c2nnnn2-c2c(C)cccc2C)N2CCN(CC=Cc3ccccc3)CC2)cc1. The maximum absolute atomic E-state index is 4.59. The van der Waals surface area contributed by atoms with Crippen LogP contribution in [0.4, 0.5) is 0 Å². The fourth-order valence-electron chi connectivity index (χ4n) is 5.04. The van der Waals surface area contributed by atoms with Crippen LogP contribution in [0.25, 0.3) is 11.8 Å². The number of hydrogen-bond acceptors (Lipinski definition) is 5. The molecule has 0 aliphatic carbocycles. The Labute approximate surface area is 213 Å². The first-order valence-electron chi connectivity index (χ1n) is 12.7. The van der Waals surface area contributed by atoms with Gasteiger partial charge in [0.05, 0.1) is 11.7 Å². The summed E-state index contributed by atoms with van der Waals surface area (Å²) in [5.41, 5.74) is 7.12. The molecule has 0 unspecified atom stereocenters. The third-order valence-electron chi connectivity index (χ3n) is 7.03. The molecule has 1 atom stereocenters. The number of piperazine rings is 1. The monoisotopic (exact) mass is 478 g/mol. The van der Waals surface area contributed by atoms with Gasteiger partial charge in [0.15, 0.2) is 5.82 Å². The highest BCUT2D eigenvalue weighted by Gasteiger charge is 2.31. The topological polar surface area (TPSA) is 50.1 Å². The average Bonchev–Trinajstić information content (AvgIpc) is 3.36. The lowest BCUT2D eigenvalue weighted by Crippen LogP contribution is -2.48. The Hall–Kier alpha value is -3.61. The predicted molar refractivity (Wildman–Crippen MR) is 145 cm³/mol. The zero-order valence-corrected chi connectivity index (χ0v) is 21.4. The van der Waals surface area contributed by atoms with Crippen molar-refractivity contribution >= 4 is 6.08 Å². The third-order valence-corrected chi connectivity index (χ3v) is 7.03. The average molecular weight is 479 g/mol. The molecule has 1 aliphatic rings. The molecule has 3 aromatic carbocycles. The minimum atomic E-state index is -0.0124. The molecule has 1 fully saturated rings. The summed E-state index contributed by atoms with van der Waals surface area (Å²) in [5, 5.41) is 13.2. The van der Waals surface area contributed by atoms with E-state index in [1.807, 2.05) is 4.68 Å². The van der Waals surface area contributed by atoms with Gasteiger partial charge in [0, 0.05) is 32.7 Å². The van der Waals surface area contributed by atoms with Crippen LogP contribution in [0.1, 0.15) is 39.7 Å². The zero-order valence-electron chi connectivity index (χ0n) is 21.4. The van der Waals surface area contributed by atoms with Crippen molar-refractivity contribution in [1.82, 2.24) is 30.0 Å². The second-order valence-corrected chi connectivity index (χ2v) is 9.65. The minimum absolute atomic E-state index is 0.0124. The molecule has 6 heteroatoms. The van der Waals surface area contributed by atoms with Gasteiger partial charge >= 0.3 is 0 Å². The molecule has 6 nitrogen and oxygen atoms in total. The van der Waals surface area contributed by atoms with Crippen molar-refractivity contribution in [3.63, 3.8) is 0 Å². The highest BCUT2D eigenvalue weighted by molar-refractivity contribution is 5.49. The number of hydrogen-bond donors (Lipinski definition) is 0. The summed E-state index contributed by atoms with van der Waals surface area (Å²) < 4.78 is 1.95. The molecule has 1 aliphatic heterocycles. The Morgan fingerprint density at radius 3 is 2.19 bits per heavy atom. The van der Waals surface area contributed by atoms with Gasteiger partial charge in [0.1, 0.15) is 0 Å². The van der Waals surface area contributed by atoms with E-state index in [4.69, 9.17) is 0 Å². The first kappa shape index (κ1) is 24.1. The number of rotatable bonds is 7. The molecule has 5 rings (SSSR count). The second kappa shape index (κ2) is 11.0. The molecule has 0 spiro atoms. The van der Waals surface area contributed by atoms with E-state index in [2.05, 4.69) is 131 Å². The van der Waals surface area contributed by atoms with E-state index in [1.54, 1.807) is 0 Å². The molecule has 0 bridgehead atoms. The van der Waals surface area contributed by atoms with Gasteiger partial charge in [-0.1, -0.05) is 90.5 Å². The van der Waals surface area contributed by atoms with E-state index in [0.29, 0.717) is 0 Å². The van der Waals surface area contributed by atoms with Crippen LogP contribution >= 0.6 is 0 Å². The fraction of sp³-hybridized carbons (Fsp3) is 0.300. The highest BCUT2D eigenvalue weighted by Crippen LogP contribution is 2.31. The molecular weight excluding hydrogens is 444 g/mol. The van der Waals surface area contributed by atoms with Crippen molar-refractivity contribution in [3.05, 3.63) is 113 Å². The van der Waals surface area contributed by atoms with Gasteiger partial charge in [-0.15, -0.1) is 5.10 Å². The van der Waals surface area contributed by atoms with Crippen LogP contribution < -0.4 is 0 Å². The number of para-hydroxylation sites is 1. The lowest BCUT2D eigenvalue weighted by atomic mass is 10.0. The van der Waals surface area contributed by atoms with E-state index in [1.165, 1.54) is 27.8 Å². The van der Waals surface area contributed by atoms with E-state index < -0.39 is 0 Å². The van der Waals surface area contributed by atoms with Gasteiger partial charge in [-0.05, 0) is 53.5 Å². The molecule has 4 aromatic rings. The Balaban J connectivity index is 1.39. The number of aryl methyl sites for hydroxylation is 3. The number of nitrogens with zero attached hydrogens (tertiary/aromatic N) is 6. The Bertz CT molecular complexity index is 1280. The normalized spacial score (nSPS) is 16.0. The quantitative estimate of drug-likeness (QED) is 0.374. The summed E-state index contributed by atoms with van der Waals surface area (Å²) in [6.07, 6.45) is 4.48. The molecule has 0 saturated carbocycles.